The number of nitrogens with zero attached hydrogens (tertiary/aromatic N) is 2. The van der Waals surface area contributed by atoms with Crippen molar-refractivity contribution in [2.45, 2.75) is 19.4 Å². The van der Waals surface area contributed by atoms with Crippen LogP contribution in [0.2, 0.25) is 0 Å². The lowest BCUT2D eigenvalue weighted by Gasteiger charge is -2.20. The van der Waals surface area contributed by atoms with Gasteiger partial charge in [-0.25, -0.2) is 4.98 Å². The van der Waals surface area contributed by atoms with Crippen molar-refractivity contribution in [2.24, 2.45) is 0 Å². The first kappa shape index (κ1) is 19.6. The van der Waals surface area contributed by atoms with Crippen LogP contribution in [0.15, 0.2) is 79.1 Å². The molecule has 0 saturated carbocycles. The summed E-state index contributed by atoms with van der Waals surface area (Å²) in [4.78, 5) is 22.5. The molecule has 0 spiro atoms. The number of hydrogen-bond donors (Lipinski definition) is 1. The van der Waals surface area contributed by atoms with Crippen LogP contribution in [0.25, 0.3) is 22.2 Å². The molecule has 0 aliphatic heterocycles. The van der Waals surface area contributed by atoms with E-state index in [-0.39, 0.29) is 11.9 Å². The summed E-state index contributed by atoms with van der Waals surface area (Å²) in [6.07, 6.45) is 4.25. The number of carbonyl (C=O) groups is 1. The molecule has 1 unspecified atom stereocenters. The molecule has 1 amide bonds. The number of methoxy groups -OCH3 is 1. The van der Waals surface area contributed by atoms with E-state index < -0.39 is 0 Å². The quantitative estimate of drug-likeness (QED) is 0.486. The van der Waals surface area contributed by atoms with Crippen LogP contribution in [0.5, 0.6) is 5.75 Å². The third-order valence-corrected chi connectivity index (χ3v) is 5.13. The molecule has 150 valence electrons. The molecule has 4 rings (SSSR count). The molecule has 2 heterocycles. The fraction of sp³-hybridized carbons (Fsp3) is 0.160. The normalized spacial score (nSPS) is 11.8. The highest BCUT2D eigenvalue weighted by atomic mass is 16.5. The minimum Gasteiger partial charge on any atom is -0.494 e. The standard InChI is InChI=1S/C25H23N3O2/c1-3-20(18-12-9-15-26-16-18)28-25(29)22-19-13-7-8-14-21(19)27-23(24(22)30-2)17-10-5-4-6-11-17/h4-16,20H,3H2,1-2H3,(H,28,29). The van der Waals surface area contributed by atoms with E-state index in [0.29, 0.717) is 17.0 Å². The molecule has 0 aliphatic carbocycles. The van der Waals surface area contributed by atoms with E-state index in [0.717, 1.165) is 28.5 Å². The van der Waals surface area contributed by atoms with Crippen molar-refractivity contribution in [2.75, 3.05) is 7.11 Å². The first-order valence-corrected chi connectivity index (χ1v) is 9.95. The highest BCUT2D eigenvalue weighted by molar-refractivity contribution is 6.10. The zero-order valence-electron chi connectivity index (χ0n) is 17.0. The number of rotatable bonds is 6. The smallest absolute Gasteiger partial charge is 0.256 e. The summed E-state index contributed by atoms with van der Waals surface area (Å²) in [6, 6.07) is 21.1. The molecule has 4 aromatic rings. The summed E-state index contributed by atoms with van der Waals surface area (Å²) in [5.74, 6) is 0.275. The number of amides is 1. The van der Waals surface area contributed by atoms with Crippen molar-refractivity contribution < 1.29 is 9.53 Å². The SMILES string of the molecule is CCC(NC(=O)c1c(OC)c(-c2ccccc2)nc2ccccc12)c1cccnc1. The lowest BCUT2D eigenvalue weighted by Crippen LogP contribution is -2.29. The van der Waals surface area contributed by atoms with Gasteiger partial charge in [0.25, 0.3) is 5.91 Å². The highest BCUT2D eigenvalue weighted by Crippen LogP contribution is 2.36. The molecule has 0 aliphatic rings. The van der Waals surface area contributed by atoms with Gasteiger partial charge >= 0.3 is 0 Å². The van der Waals surface area contributed by atoms with Crippen molar-refractivity contribution in [3.8, 4) is 17.0 Å². The molecule has 1 atom stereocenters. The minimum atomic E-state index is -0.196. The van der Waals surface area contributed by atoms with Crippen LogP contribution >= 0.6 is 0 Å². The number of hydrogen-bond acceptors (Lipinski definition) is 4. The molecular weight excluding hydrogens is 374 g/mol. The van der Waals surface area contributed by atoms with Gasteiger partial charge in [-0.3, -0.25) is 9.78 Å². The van der Waals surface area contributed by atoms with E-state index in [1.807, 2.05) is 73.7 Å². The largest absolute Gasteiger partial charge is 0.494 e. The summed E-state index contributed by atoms with van der Waals surface area (Å²) in [6.45, 7) is 2.04. The Labute approximate surface area is 175 Å². The van der Waals surface area contributed by atoms with Crippen molar-refractivity contribution in [3.05, 3.63) is 90.3 Å². The van der Waals surface area contributed by atoms with Crippen LogP contribution in [0.4, 0.5) is 0 Å². The minimum absolute atomic E-state index is 0.150. The summed E-state index contributed by atoms with van der Waals surface area (Å²) in [7, 11) is 1.58. The van der Waals surface area contributed by atoms with Gasteiger partial charge in [0, 0.05) is 23.3 Å². The lowest BCUT2D eigenvalue weighted by atomic mass is 10.0. The second-order valence-corrected chi connectivity index (χ2v) is 6.97. The van der Waals surface area contributed by atoms with Crippen LogP contribution in [0.1, 0.15) is 35.3 Å². The molecule has 0 radical (unpaired) electrons. The summed E-state index contributed by atoms with van der Waals surface area (Å²) < 4.78 is 5.75. The molecule has 2 aromatic carbocycles. The Morgan fingerprint density at radius 1 is 1.03 bits per heavy atom. The van der Waals surface area contributed by atoms with E-state index >= 15 is 0 Å². The lowest BCUT2D eigenvalue weighted by molar-refractivity contribution is 0.0934. The van der Waals surface area contributed by atoms with Gasteiger partial charge in [-0.1, -0.05) is 61.5 Å². The molecule has 5 heteroatoms. The van der Waals surface area contributed by atoms with E-state index in [9.17, 15) is 4.79 Å². The maximum Gasteiger partial charge on any atom is 0.256 e. The number of aromatic nitrogens is 2. The number of fused-ring (bicyclic) bond motifs is 1. The van der Waals surface area contributed by atoms with Gasteiger partial charge in [0.05, 0.1) is 24.2 Å². The zero-order valence-corrected chi connectivity index (χ0v) is 17.0. The number of nitrogens with one attached hydrogen (secondary N) is 1. The predicted molar refractivity (Wildman–Crippen MR) is 118 cm³/mol. The molecule has 30 heavy (non-hydrogen) atoms. The molecule has 5 nitrogen and oxygen atoms in total. The maximum atomic E-state index is 13.5. The Morgan fingerprint density at radius 2 is 1.80 bits per heavy atom. The Balaban J connectivity index is 1.85. The van der Waals surface area contributed by atoms with Gasteiger partial charge < -0.3 is 10.1 Å². The Morgan fingerprint density at radius 3 is 2.50 bits per heavy atom. The van der Waals surface area contributed by atoms with E-state index in [1.165, 1.54) is 0 Å². The van der Waals surface area contributed by atoms with Crippen LogP contribution in [-0.4, -0.2) is 23.0 Å². The number of carbonyl (C=O) groups excluding carboxylic acids is 1. The molecule has 1 N–H and O–H groups in total. The van der Waals surface area contributed by atoms with Crippen molar-refractivity contribution >= 4 is 16.8 Å². The van der Waals surface area contributed by atoms with Gasteiger partial charge in [0.1, 0.15) is 5.69 Å². The molecular formula is C25H23N3O2. The topological polar surface area (TPSA) is 64.1 Å². The average molecular weight is 397 g/mol. The van der Waals surface area contributed by atoms with Gasteiger partial charge in [-0.2, -0.15) is 0 Å². The molecule has 2 aromatic heterocycles. The fourth-order valence-electron chi connectivity index (χ4n) is 3.64. The van der Waals surface area contributed by atoms with Gasteiger partial charge in [-0.15, -0.1) is 0 Å². The van der Waals surface area contributed by atoms with Crippen molar-refractivity contribution in [1.82, 2.24) is 15.3 Å². The number of para-hydroxylation sites is 1. The van der Waals surface area contributed by atoms with Crippen LogP contribution < -0.4 is 10.1 Å². The second-order valence-electron chi connectivity index (χ2n) is 6.97. The zero-order chi connectivity index (χ0) is 20.9. The Kier molecular flexibility index (Phi) is 5.70. The third-order valence-electron chi connectivity index (χ3n) is 5.13. The van der Waals surface area contributed by atoms with Gasteiger partial charge in [0.2, 0.25) is 0 Å². The van der Waals surface area contributed by atoms with E-state index in [4.69, 9.17) is 9.72 Å². The fourth-order valence-corrected chi connectivity index (χ4v) is 3.64. The first-order chi connectivity index (χ1) is 14.7. The van der Waals surface area contributed by atoms with Crippen molar-refractivity contribution in [1.29, 1.82) is 0 Å². The number of ether oxygens (including phenoxy) is 1. The predicted octanol–water partition coefficient (Wildman–Crippen LogP) is 5.19. The molecule has 0 bridgehead atoms. The average Bonchev–Trinajstić information content (AvgIpc) is 2.82. The summed E-state index contributed by atoms with van der Waals surface area (Å²) >= 11 is 0. The van der Waals surface area contributed by atoms with E-state index in [2.05, 4.69) is 10.3 Å². The molecule has 0 saturated heterocycles. The summed E-state index contributed by atoms with van der Waals surface area (Å²) in [5.41, 5.74) is 3.75. The number of benzene rings is 2. The second kappa shape index (κ2) is 8.74. The highest BCUT2D eigenvalue weighted by Gasteiger charge is 2.24. The Bertz CT molecular complexity index is 1160. The van der Waals surface area contributed by atoms with Crippen LogP contribution in [-0.2, 0) is 0 Å². The van der Waals surface area contributed by atoms with Gasteiger partial charge in [0.15, 0.2) is 5.75 Å². The van der Waals surface area contributed by atoms with Crippen molar-refractivity contribution in [3.63, 3.8) is 0 Å². The number of pyridine rings is 2. The Hall–Kier alpha value is -3.73. The maximum absolute atomic E-state index is 13.5. The van der Waals surface area contributed by atoms with Crippen LogP contribution in [0.3, 0.4) is 0 Å². The summed E-state index contributed by atoms with van der Waals surface area (Å²) in [5, 5.41) is 3.92. The third kappa shape index (κ3) is 3.74. The first-order valence-electron chi connectivity index (χ1n) is 9.95. The van der Waals surface area contributed by atoms with Gasteiger partial charge in [-0.05, 0) is 24.1 Å². The molecule has 0 fully saturated rings. The van der Waals surface area contributed by atoms with Crippen LogP contribution in [0, 0.1) is 0 Å². The monoisotopic (exact) mass is 397 g/mol. The van der Waals surface area contributed by atoms with E-state index in [1.54, 1.807) is 19.5 Å².